The molecule has 1 aromatic carbocycles. The molecule has 1 aromatic rings. The molecule has 104 valence electrons. The van der Waals surface area contributed by atoms with Gasteiger partial charge in [-0.05, 0) is 29.7 Å². The third kappa shape index (κ3) is 4.38. The van der Waals surface area contributed by atoms with Crippen LogP contribution in [0.15, 0.2) is 30.3 Å². The van der Waals surface area contributed by atoms with Gasteiger partial charge in [-0.2, -0.15) is 0 Å². The Balaban J connectivity index is 1.84. The minimum absolute atomic E-state index is 0.320. The average Bonchev–Trinajstić information content (AvgIpc) is 2.66. The van der Waals surface area contributed by atoms with Crippen LogP contribution in [-0.2, 0) is 11.2 Å². The highest BCUT2D eigenvalue weighted by Crippen LogP contribution is 2.30. The predicted molar refractivity (Wildman–Crippen MR) is 78.9 cm³/mol. The Morgan fingerprint density at radius 1 is 1.21 bits per heavy atom. The Morgan fingerprint density at radius 3 is 2.53 bits per heavy atom. The smallest absolute Gasteiger partial charge is 0.222 e. The number of carbonyl (C=O) groups is 1. The van der Waals surface area contributed by atoms with Crippen LogP contribution in [0.25, 0.3) is 0 Å². The van der Waals surface area contributed by atoms with Gasteiger partial charge in [0.25, 0.3) is 0 Å². The van der Waals surface area contributed by atoms with E-state index in [-0.39, 0.29) is 0 Å². The van der Waals surface area contributed by atoms with Crippen LogP contribution >= 0.6 is 0 Å². The van der Waals surface area contributed by atoms with E-state index >= 15 is 0 Å². The second-order valence-corrected chi connectivity index (χ2v) is 6.91. The summed E-state index contributed by atoms with van der Waals surface area (Å²) in [7, 11) is 0. The zero-order valence-electron chi connectivity index (χ0n) is 12.4. The van der Waals surface area contributed by atoms with Gasteiger partial charge in [0, 0.05) is 19.5 Å². The van der Waals surface area contributed by atoms with Gasteiger partial charge in [-0.15, -0.1) is 0 Å². The number of rotatable bonds is 4. The summed E-state index contributed by atoms with van der Waals surface area (Å²) in [6.45, 7) is 8.57. The number of likely N-dealkylation sites (tertiary alicyclic amines) is 1. The molecule has 1 aliphatic rings. The zero-order chi connectivity index (χ0) is 13.9. The summed E-state index contributed by atoms with van der Waals surface area (Å²) in [6, 6.07) is 10.4. The first-order chi connectivity index (χ1) is 8.94. The highest BCUT2D eigenvalue weighted by atomic mass is 16.2. The molecule has 19 heavy (non-hydrogen) atoms. The molecule has 1 unspecified atom stereocenters. The fourth-order valence-corrected chi connectivity index (χ4v) is 2.98. The van der Waals surface area contributed by atoms with Gasteiger partial charge in [-0.3, -0.25) is 4.79 Å². The van der Waals surface area contributed by atoms with Crippen LogP contribution in [-0.4, -0.2) is 23.9 Å². The molecule has 0 radical (unpaired) electrons. The summed E-state index contributed by atoms with van der Waals surface area (Å²) in [4.78, 5) is 14.1. The van der Waals surface area contributed by atoms with Crippen LogP contribution in [0.5, 0.6) is 0 Å². The molecule has 0 aliphatic carbocycles. The molecule has 2 rings (SSSR count). The van der Waals surface area contributed by atoms with E-state index < -0.39 is 0 Å². The normalized spacial score (nSPS) is 20.1. The van der Waals surface area contributed by atoms with Crippen molar-refractivity contribution in [2.45, 2.75) is 40.0 Å². The minimum atomic E-state index is 0.320. The molecule has 1 saturated heterocycles. The molecule has 0 bridgehead atoms. The van der Waals surface area contributed by atoms with Crippen molar-refractivity contribution < 1.29 is 4.79 Å². The van der Waals surface area contributed by atoms with Crippen LogP contribution in [0.3, 0.4) is 0 Å². The third-order valence-corrected chi connectivity index (χ3v) is 3.71. The topological polar surface area (TPSA) is 20.3 Å². The van der Waals surface area contributed by atoms with Crippen molar-refractivity contribution in [2.75, 3.05) is 13.1 Å². The van der Waals surface area contributed by atoms with Crippen LogP contribution < -0.4 is 0 Å². The van der Waals surface area contributed by atoms with Gasteiger partial charge in [-0.1, -0.05) is 51.1 Å². The molecule has 1 fully saturated rings. The van der Waals surface area contributed by atoms with Crippen molar-refractivity contribution >= 4 is 5.91 Å². The summed E-state index contributed by atoms with van der Waals surface area (Å²) < 4.78 is 0. The lowest BCUT2D eigenvalue weighted by molar-refractivity contribution is -0.127. The number of carbonyl (C=O) groups excluding carboxylic acids is 1. The summed E-state index contributed by atoms with van der Waals surface area (Å²) in [5.41, 5.74) is 1.63. The number of hydrogen-bond acceptors (Lipinski definition) is 1. The fourth-order valence-electron chi connectivity index (χ4n) is 2.98. The van der Waals surface area contributed by atoms with Crippen molar-refractivity contribution in [1.29, 1.82) is 0 Å². The van der Waals surface area contributed by atoms with E-state index in [1.165, 1.54) is 5.56 Å². The lowest BCUT2D eigenvalue weighted by Crippen LogP contribution is -2.28. The first-order valence-electron chi connectivity index (χ1n) is 7.26. The van der Waals surface area contributed by atoms with E-state index in [2.05, 4.69) is 45.0 Å². The van der Waals surface area contributed by atoms with Crippen LogP contribution in [0.1, 0.15) is 39.2 Å². The van der Waals surface area contributed by atoms with Gasteiger partial charge in [0.05, 0.1) is 0 Å². The lowest BCUT2D eigenvalue weighted by atomic mass is 9.84. The van der Waals surface area contributed by atoms with E-state index in [0.29, 0.717) is 17.2 Å². The van der Waals surface area contributed by atoms with Crippen LogP contribution in [0, 0.1) is 11.3 Å². The maximum Gasteiger partial charge on any atom is 0.222 e. The summed E-state index contributed by atoms with van der Waals surface area (Å²) in [5.74, 6) is 0.883. The number of nitrogens with zero attached hydrogens (tertiary/aromatic N) is 1. The Kier molecular flexibility index (Phi) is 4.28. The van der Waals surface area contributed by atoms with Gasteiger partial charge in [0.1, 0.15) is 0 Å². The van der Waals surface area contributed by atoms with Crippen LogP contribution in [0.4, 0.5) is 0 Å². The summed E-state index contributed by atoms with van der Waals surface area (Å²) in [5, 5.41) is 0. The number of benzene rings is 1. The van der Waals surface area contributed by atoms with Gasteiger partial charge < -0.3 is 4.90 Å². The summed E-state index contributed by atoms with van der Waals surface area (Å²) in [6.07, 6.45) is 2.85. The Bertz CT molecular complexity index is 419. The Morgan fingerprint density at radius 2 is 1.89 bits per heavy atom. The molecular weight excluding hydrogens is 234 g/mol. The minimum Gasteiger partial charge on any atom is -0.342 e. The van der Waals surface area contributed by atoms with Gasteiger partial charge >= 0.3 is 0 Å². The number of amides is 1. The van der Waals surface area contributed by atoms with E-state index in [1.54, 1.807) is 0 Å². The van der Waals surface area contributed by atoms with Gasteiger partial charge in [0.2, 0.25) is 5.91 Å². The van der Waals surface area contributed by atoms with Crippen molar-refractivity contribution in [1.82, 2.24) is 4.90 Å². The second kappa shape index (κ2) is 5.77. The standard InChI is InChI=1S/C17H25NO/c1-17(2,3)12-15-11-16(19)18(13-15)10-9-14-7-5-4-6-8-14/h4-8,15H,9-13H2,1-3H3. The predicted octanol–water partition coefficient (Wildman–Crippen LogP) is 3.51. The zero-order valence-corrected chi connectivity index (χ0v) is 12.4. The molecule has 1 heterocycles. The van der Waals surface area contributed by atoms with Gasteiger partial charge in [0.15, 0.2) is 0 Å². The van der Waals surface area contributed by atoms with Crippen molar-refractivity contribution in [3.05, 3.63) is 35.9 Å². The highest BCUT2D eigenvalue weighted by Gasteiger charge is 2.31. The quantitative estimate of drug-likeness (QED) is 0.810. The molecule has 2 heteroatoms. The second-order valence-electron chi connectivity index (χ2n) is 6.91. The van der Waals surface area contributed by atoms with Gasteiger partial charge in [-0.25, -0.2) is 0 Å². The summed E-state index contributed by atoms with van der Waals surface area (Å²) >= 11 is 0. The third-order valence-electron chi connectivity index (χ3n) is 3.71. The Hall–Kier alpha value is -1.31. The molecule has 1 aliphatic heterocycles. The maximum atomic E-state index is 12.0. The monoisotopic (exact) mass is 259 g/mol. The molecule has 0 N–H and O–H groups in total. The molecule has 2 nitrogen and oxygen atoms in total. The molecule has 0 spiro atoms. The van der Waals surface area contributed by atoms with Crippen molar-refractivity contribution in [3.8, 4) is 0 Å². The Labute approximate surface area is 116 Å². The number of hydrogen-bond donors (Lipinski definition) is 0. The molecule has 1 amide bonds. The van der Waals surface area contributed by atoms with E-state index in [0.717, 1.165) is 32.4 Å². The van der Waals surface area contributed by atoms with Crippen molar-refractivity contribution in [3.63, 3.8) is 0 Å². The SMILES string of the molecule is CC(C)(C)CC1CC(=O)N(CCc2ccccc2)C1. The fraction of sp³-hybridized carbons (Fsp3) is 0.588. The van der Waals surface area contributed by atoms with Crippen molar-refractivity contribution in [2.24, 2.45) is 11.3 Å². The van der Waals surface area contributed by atoms with E-state index in [9.17, 15) is 4.79 Å². The van der Waals surface area contributed by atoms with Crippen LogP contribution in [0.2, 0.25) is 0 Å². The average molecular weight is 259 g/mol. The van der Waals surface area contributed by atoms with E-state index in [1.807, 2.05) is 11.0 Å². The highest BCUT2D eigenvalue weighted by molar-refractivity contribution is 5.78. The lowest BCUT2D eigenvalue weighted by Gasteiger charge is -2.23. The molecular formula is C17H25NO. The molecule has 0 aromatic heterocycles. The van der Waals surface area contributed by atoms with E-state index in [4.69, 9.17) is 0 Å². The molecule has 1 atom stereocenters. The maximum absolute atomic E-state index is 12.0. The molecule has 0 saturated carbocycles. The largest absolute Gasteiger partial charge is 0.342 e. The first-order valence-corrected chi connectivity index (χ1v) is 7.26. The first kappa shape index (κ1) is 14.1.